The van der Waals surface area contributed by atoms with Gasteiger partial charge >= 0.3 is 6.18 Å². The maximum atomic E-state index is 14.0. The zero-order chi connectivity index (χ0) is 28.4. The molecule has 0 atom stereocenters. The topological polar surface area (TPSA) is 71.3 Å². The minimum Gasteiger partial charge on any atom is -0.497 e. The van der Waals surface area contributed by atoms with Crippen molar-refractivity contribution in [2.24, 2.45) is 0 Å². The molecule has 11 heteroatoms. The van der Waals surface area contributed by atoms with E-state index in [4.69, 9.17) is 25.8 Å². The van der Waals surface area contributed by atoms with Crippen LogP contribution in [0.5, 0.6) is 17.2 Å². The third kappa shape index (κ3) is 5.30. The highest BCUT2D eigenvalue weighted by Gasteiger charge is 2.35. The maximum Gasteiger partial charge on any atom is 0.433 e. The monoisotopic (exact) mass is 566 g/mol. The van der Waals surface area contributed by atoms with Gasteiger partial charge in [-0.2, -0.15) is 23.0 Å². The molecule has 5 rings (SSSR count). The van der Waals surface area contributed by atoms with Gasteiger partial charge in [0.1, 0.15) is 22.9 Å². The third-order valence-corrected chi connectivity index (χ3v) is 6.49. The lowest BCUT2D eigenvalue weighted by Crippen LogP contribution is -2.14. The molecule has 0 fully saturated rings. The quantitative estimate of drug-likeness (QED) is 0.205. The normalized spacial score (nSPS) is 11.4. The molecule has 3 aromatic carbocycles. The van der Waals surface area contributed by atoms with Crippen molar-refractivity contribution in [3.05, 3.63) is 89.6 Å². The van der Waals surface area contributed by atoms with Crippen LogP contribution in [0.2, 0.25) is 5.02 Å². The Morgan fingerprint density at radius 3 is 1.62 bits per heavy atom. The van der Waals surface area contributed by atoms with Crippen LogP contribution in [0.25, 0.3) is 39.7 Å². The summed E-state index contributed by atoms with van der Waals surface area (Å²) < 4.78 is 59.0. The van der Waals surface area contributed by atoms with E-state index < -0.39 is 11.9 Å². The van der Waals surface area contributed by atoms with Gasteiger partial charge in [-0.25, -0.2) is 9.97 Å². The zero-order valence-corrected chi connectivity index (χ0v) is 22.3. The Bertz CT molecular complexity index is 1640. The van der Waals surface area contributed by atoms with Gasteiger partial charge in [0.2, 0.25) is 0 Å². The summed E-state index contributed by atoms with van der Waals surface area (Å²) in [5.41, 5.74) is 1.22. The Balaban J connectivity index is 1.75. The molecular formula is C29H22ClF3N4O3. The van der Waals surface area contributed by atoms with E-state index in [9.17, 15) is 13.2 Å². The number of rotatable bonds is 7. The summed E-state index contributed by atoms with van der Waals surface area (Å²) in [5.74, 6) is 1.48. The minimum absolute atomic E-state index is 0.0540. The summed E-state index contributed by atoms with van der Waals surface area (Å²) in [6.07, 6.45) is -4.74. The van der Waals surface area contributed by atoms with Crippen molar-refractivity contribution in [3.63, 3.8) is 0 Å². The average molecular weight is 567 g/mol. The van der Waals surface area contributed by atoms with E-state index in [1.807, 2.05) is 0 Å². The second-order valence-electron chi connectivity index (χ2n) is 8.54. The summed E-state index contributed by atoms with van der Waals surface area (Å²) in [6.45, 7) is 0. The average Bonchev–Trinajstić information content (AvgIpc) is 3.33. The Labute approximate surface area is 232 Å². The predicted molar refractivity (Wildman–Crippen MR) is 145 cm³/mol. The van der Waals surface area contributed by atoms with Crippen molar-refractivity contribution in [1.82, 2.24) is 19.7 Å². The molecule has 0 aliphatic rings. The first-order chi connectivity index (χ1) is 19.2. The maximum absolute atomic E-state index is 14.0. The van der Waals surface area contributed by atoms with Crippen molar-refractivity contribution in [2.45, 2.75) is 6.18 Å². The molecule has 0 saturated carbocycles. The third-order valence-electron chi connectivity index (χ3n) is 6.13. The van der Waals surface area contributed by atoms with E-state index in [1.165, 1.54) is 18.9 Å². The number of benzene rings is 3. The molecule has 40 heavy (non-hydrogen) atoms. The van der Waals surface area contributed by atoms with Gasteiger partial charge in [-0.3, -0.25) is 0 Å². The van der Waals surface area contributed by atoms with Gasteiger partial charge in [-0.05, 0) is 78.9 Å². The van der Waals surface area contributed by atoms with Crippen LogP contribution >= 0.6 is 11.6 Å². The van der Waals surface area contributed by atoms with Crippen molar-refractivity contribution in [3.8, 4) is 57.0 Å². The fraction of sp³-hybridized carbons (Fsp3) is 0.138. The number of alkyl halides is 3. The first kappa shape index (κ1) is 27.0. The minimum atomic E-state index is -4.74. The smallest absolute Gasteiger partial charge is 0.433 e. The van der Waals surface area contributed by atoms with Gasteiger partial charge < -0.3 is 14.2 Å². The number of hydrogen-bond acceptors (Lipinski definition) is 6. The number of hydrogen-bond donors (Lipinski definition) is 0. The van der Waals surface area contributed by atoms with E-state index in [-0.39, 0.29) is 16.7 Å². The molecule has 0 radical (unpaired) electrons. The Morgan fingerprint density at radius 1 is 0.675 bits per heavy atom. The first-order valence-electron chi connectivity index (χ1n) is 11.9. The fourth-order valence-electron chi connectivity index (χ4n) is 4.06. The predicted octanol–water partition coefficient (Wildman–Crippen LogP) is 7.36. The highest BCUT2D eigenvalue weighted by atomic mass is 35.5. The van der Waals surface area contributed by atoms with Gasteiger partial charge in [0.05, 0.1) is 37.7 Å². The van der Waals surface area contributed by atoms with Gasteiger partial charge in [0.25, 0.3) is 5.95 Å². The van der Waals surface area contributed by atoms with Crippen LogP contribution in [0.15, 0.2) is 78.9 Å². The van der Waals surface area contributed by atoms with Crippen LogP contribution in [-0.4, -0.2) is 41.1 Å². The Kier molecular flexibility index (Phi) is 7.36. The number of methoxy groups -OCH3 is 3. The van der Waals surface area contributed by atoms with Crippen molar-refractivity contribution >= 4 is 11.6 Å². The SMILES string of the molecule is COc1ccc(-c2cc(C(F)(F)F)nc(-n3nc(-c4ccc(OC)cc4)c(Cl)c3-c3ccc(OC)cc3)n2)cc1. The molecule has 0 bridgehead atoms. The molecule has 7 nitrogen and oxygen atoms in total. The van der Waals surface area contributed by atoms with E-state index in [0.29, 0.717) is 45.3 Å². The first-order valence-corrected chi connectivity index (χ1v) is 12.3. The molecule has 0 amide bonds. The molecule has 0 N–H and O–H groups in total. The molecule has 0 saturated heterocycles. The standard InChI is InChI=1S/C29H22ClF3N4O3/c1-38-20-10-4-17(5-11-20)23-16-24(29(31,32)33)35-28(34-23)37-27(19-8-14-22(40-3)15-9-19)25(30)26(36-37)18-6-12-21(39-2)13-7-18/h4-16H,1-3H3. The summed E-state index contributed by atoms with van der Waals surface area (Å²) in [6, 6.07) is 21.3. The Hall–Kier alpha value is -4.57. The van der Waals surface area contributed by atoms with Crippen LogP contribution in [-0.2, 0) is 6.18 Å². The lowest BCUT2D eigenvalue weighted by molar-refractivity contribution is -0.141. The number of ether oxygens (including phenoxy) is 3. The van der Waals surface area contributed by atoms with E-state index in [2.05, 4.69) is 15.1 Å². The molecular weight excluding hydrogens is 545 g/mol. The second-order valence-corrected chi connectivity index (χ2v) is 8.92. The molecule has 0 spiro atoms. The van der Waals surface area contributed by atoms with Crippen molar-refractivity contribution in [2.75, 3.05) is 21.3 Å². The van der Waals surface area contributed by atoms with Gasteiger partial charge in [0, 0.05) is 16.7 Å². The van der Waals surface area contributed by atoms with E-state index in [1.54, 1.807) is 79.9 Å². The summed E-state index contributed by atoms with van der Waals surface area (Å²) in [5, 5.41) is 4.82. The second kappa shape index (κ2) is 10.9. The van der Waals surface area contributed by atoms with Crippen molar-refractivity contribution in [1.29, 1.82) is 0 Å². The summed E-state index contributed by atoms with van der Waals surface area (Å²) in [4.78, 5) is 8.35. The Morgan fingerprint density at radius 2 is 1.15 bits per heavy atom. The molecule has 0 unspecified atom stereocenters. The molecule has 0 aliphatic carbocycles. The molecule has 0 aliphatic heterocycles. The number of nitrogens with zero attached hydrogens (tertiary/aromatic N) is 4. The fourth-order valence-corrected chi connectivity index (χ4v) is 4.40. The van der Waals surface area contributed by atoms with Gasteiger partial charge in [0.15, 0.2) is 5.69 Å². The van der Waals surface area contributed by atoms with Crippen LogP contribution in [0.1, 0.15) is 5.69 Å². The van der Waals surface area contributed by atoms with Crippen LogP contribution < -0.4 is 14.2 Å². The zero-order valence-electron chi connectivity index (χ0n) is 21.5. The summed E-state index contributed by atoms with van der Waals surface area (Å²) >= 11 is 6.88. The largest absolute Gasteiger partial charge is 0.497 e. The lowest BCUT2D eigenvalue weighted by Gasteiger charge is -2.13. The van der Waals surface area contributed by atoms with Crippen LogP contribution in [0, 0.1) is 0 Å². The van der Waals surface area contributed by atoms with E-state index in [0.717, 1.165) is 6.07 Å². The molecule has 2 aromatic heterocycles. The van der Waals surface area contributed by atoms with E-state index >= 15 is 0 Å². The molecule has 2 heterocycles. The van der Waals surface area contributed by atoms with Gasteiger partial charge in [-0.15, -0.1) is 0 Å². The molecule has 5 aromatic rings. The highest BCUT2D eigenvalue weighted by molar-refractivity contribution is 6.35. The summed E-state index contributed by atoms with van der Waals surface area (Å²) in [7, 11) is 4.58. The van der Waals surface area contributed by atoms with Crippen molar-refractivity contribution < 1.29 is 27.4 Å². The number of halogens is 4. The van der Waals surface area contributed by atoms with Crippen LogP contribution in [0.4, 0.5) is 13.2 Å². The van der Waals surface area contributed by atoms with Gasteiger partial charge in [-0.1, -0.05) is 11.6 Å². The van der Waals surface area contributed by atoms with Crippen LogP contribution in [0.3, 0.4) is 0 Å². The molecule has 204 valence electrons. The number of aromatic nitrogens is 4. The highest BCUT2D eigenvalue weighted by Crippen LogP contribution is 2.39. The lowest BCUT2D eigenvalue weighted by atomic mass is 10.1.